The van der Waals surface area contributed by atoms with Crippen molar-refractivity contribution in [1.82, 2.24) is 4.90 Å². The van der Waals surface area contributed by atoms with E-state index >= 15 is 0 Å². The minimum atomic E-state index is -0.762. The van der Waals surface area contributed by atoms with E-state index in [1.54, 1.807) is 4.90 Å². The van der Waals surface area contributed by atoms with Crippen molar-refractivity contribution >= 4 is 23.2 Å². The second-order valence-corrected chi connectivity index (χ2v) is 7.23. The number of hydrogen-bond donors (Lipinski definition) is 1. The molecule has 0 spiro atoms. The molecule has 28 heavy (non-hydrogen) atoms. The summed E-state index contributed by atoms with van der Waals surface area (Å²) in [4.78, 5) is 26.5. The van der Waals surface area contributed by atoms with Gasteiger partial charge in [-0.1, -0.05) is 0 Å². The van der Waals surface area contributed by atoms with Gasteiger partial charge in [-0.3, -0.25) is 14.6 Å². The van der Waals surface area contributed by atoms with Gasteiger partial charge in [-0.2, -0.15) is 5.10 Å². The topological polar surface area (TPSA) is 97.5 Å². The number of rotatable bonds is 4. The van der Waals surface area contributed by atoms with Crippen LogP contribution in [0.4, 0.5) is 10.1 Å². The van der Waals surface area contributed by atoms with Crippen molar-refractivity contribution in [2.75, 3.05) is 31.3 Å². The molecule has 0 aliphatic carbocycles. The van der Waals surface area contributed by atoms with Crippen LogP contribution in [-0.2, 0) is 19.1 Å². The molecule has 0 aromatic heterocycles. The van der Waals surface area contributed by atoms with E-state index in [-0.39, 0.29) is 24.5 Å². The number of ether oxygens (including phenoxy) is 2. The molecule has 0 bridgehead atoms. The van der Waals surface area contributed by atoms with Gasteiger partial charge in [-0.25, -0.2) is 4.39 Å². The van der Waals surface area contributed by atoms with Crippen LogP contribution in [0.5, 0.6) is 0 Å². The van der Waals surface area contributed by atoms with Crippen molar-refractivity contribution in [2.24, 2.45) is 16.8 Å². The highest BCUT2D eigenvalue weighted by molar-refractivity contribution is 6.40. The Balaban J connectivity index is 1.44. The van der Waals surface area contributed by atoms with E-state index in [9.17, 15) is 14.0 Å². The molecule has 2 N–H and O–H groups in total. The first kappa shape index (κ1) is 18.8. The summed E-state index contributed by atoms with van der Waals surface area (Å²) in [5.41, 5.74) is 6.31. The molecular formula is C19H23FN4O4. The Morgan fingerprint density at radius 2 is 1.75 bits per heavy atom. The standard InChI is InChI=1S/C19H23FN4O4/c20-13-1-3-14(4-2-13)24-16(17(21)25)11-15(22-24)18(26)23-7-5-12(6-8-23)19-27-9-10-28-19/h1-4,12,16,19H,5-11H2,(H2,21,25). The maximum absolute atomic E-state index is 13.2. The molecule has 4 rings (SSSR count). The fourth-order valence-corrected chi connectivity index (χ4v) is 3.90. The average molecular weight is 390 g/mol. The Bertz CT molecular complexity index is 771. The van der Waals surface area contributed by atoms with Gasteiger partial charge in [0.05, 0.1) is 18.9 Å². The van der Waals surface area contributed by atoms with Crippen LogP contribution in [0.2, 0.25) is 0 Å². The van der Waals surface area contributed by atoms with Gasteiger partial charge in [-0.05, 0) is 37.1 Å². The minimum Gasteiger partial charge on any atom is -0.368 e. The lowest BCUT2D eigenvalue weighted by Crippen LogP contribution is -2.44. The van der Waals surface area contributed by atoms with E-state index in [0.29, 0.717) is 37.7 Å². The Labute approximate surface area is 162 Å². The maximum Gasteiger partial charge on any atom is 0.270 e. The number of carbonyl (C=O) groups is 2. The third-order valence-electron chi connectivity index (χ3n) is 5.44. The van der Waals surface area contributed by atoms with Gasteiger partial charge < -0.3 is 20.1 Å². The first-order valence-corrected chi connectivity index (χ1v) is 9.47. The first-order chi connectivity index (χ1) is 13.5. The normalized spacial score (nSPS) is 23.9. The molecule has 1 atom stereocenters. The first-order valence-electron chi connectivity index (χ1n) is 9.47. The molecule has 1 unspecified atom stereocenters. The predicted molar refractivity (Wildman–Crippen MR) is 98.9 cm³/mol. The summed E-state index contributed by atoms with van der Waals surface area (Å²) in [5, 5.41) is 5.75. The van der Waals surface area contributed by atoms with Gasteiger partial charge in [0.1, 0.15) is 17.6 Å². The molecule has 2 saturated heterocycles. The number of nitrogens with two attached hydrogens (primary N) is 1. The lowest BCUT2D eigenvalue weighted by atomic mass is 9.95. The van der Waals surface area contributed by atoms with Crippen LogP contribution < -0.4 is 10.7 Å². The van der Waals surface area contributed by atoms with E-state index < -0.39 is 17.8 Å². The van der Waals surface area contributed by atoms with Crippen LogP contribution in [0.3, 0.4) is 0 Å². The number of nitrogens with zero attached hydrogens (tertiary/aromatic N) is 3. The number of benzene rings is 1. The van der Waals surface area contributed by atoms with Crippen LogP contribution >= 0.6 is 0 Å². The second-order valence-electron chi connectivity index (χ2n) is 7.23. The molecule has 3 heterocycles. The third-order valence-corrected chi connectivity index (χ3v) is 5.44. The van der Waals surface area contributed by atoms with E-state index in [1.165, 1.54) is 29.3 Å². The largest absolute Gasteiger partial charge is 0.368 e. The SMILES string of the molecule is NC(=O)C1CC(C(=O)N2CCC(C3OCCO3)CC2)=NN1c1ccc(F)cc1. The Morgan fingerprint density at radius 3 is 2.36 bits per heavy atom. The number of amides is 2. The molecule has 2 fully saturated rings. The molecule has 3 aliphatic rings. The fourth-order valence-electron chi connectivity index (χ4n) is 3.90. The Kier molecular flexibility index (Phi) is 5.27. The van der Waals surface area contributed by atoms with Gasteiger partial charge in [0.25, 0.3) is 5.91 Å². The molecule has 2 amide bonds. The summed E-state index contributed by atoms with van der Waals surface area (Å²) in [5.74, 6) is -0.879. The molecular weight excluding hydrogens is 367 g/mol. The predicted octanol–water partition coefficient (Wildman–Crippen LogP) is 0.857. The van der Waals surface area contributed by atoms with Crippen molar-refractivity contribution in [3.63, 3.8) is 0 Å². The fraction of sp³-hybridized carbons (Fsp3) is 0.526. The lowest BCUT2D eigenvalue weighted by molar-refractivity contribution is -0.130. The van der Waals surface area contributed by atoms with Gasteiger partial charge in [0, 0.05) is 25.4 Å². The summed E-state index contributed by atoms with van der Waals surface area (Å²) in [6.45, 7) is 2.41. The molecule has 150 valence electrons. The molecule has 9 heteroatoms. The number of halogens is 1. The highest BCUT2D eigenvalue weighted by Gasteiger charge is 2.38. The lowest BCUT2D eigenvalue weighted by Gasteiger charge is -2.33. The van der Waals surface area contributed by atoms with E-state index in [4.69, 9.17) is 15.2 Å². The van der Waals surface area contributed by atoms with Crippen LogP contribution in [0, 0.1) is 11.7 Å². The van der Waals surface area contributed by atoms with Crippen molar-refractivity contribution in [1.29, 1.82) is 0 Å². The summed E-state index contributed by atoms with van der Waals surface area (Å²) >= 11 is 0. The van der Waals surface area contributed by atoms with Crippen LogP contribution in [0.25, 0.3) is 0 Å². The summed E-state index contributed by atoms with van der Waals surface area (Å²) in [6.07, 6.45) is 1.56. The van der Waals surface area contributed by atoms with Gasteiger partial charge in [0.15, 0.2) is 6.29 Å². The smallest absolute Gasteiger partial charge is 0.270 e. The second kappa shape index (κ2) is 7.84. The molecule has 0 saturated carbocycles. The van der Waals surface area contributed by atoms with Crippen molar-refractivity contribution in [3.05, 3.63) is 30.1 Å². The number of carbonyl (C=O) groups excluding carboxylic acids is 2. The van der Waals surface area contributed by atoms with Gasteiger partial charge in [-0.15, -0.1) is 0 Å². The Morgan fingerprint density at radius 1 is 1.11 bits per heavy atom. The molecule has 0 radical (unpaired) electrons. The van der Waals surface area contributed by atoms with E-state index in [1.807, 2.05) is 0 Å². The number of anilines is 1. The van der Waals surface area contributed by atoms with Gasteiger partial charge in [0.2, 0.25) is 5.91 Å². The minimum absolute atomic E-state index is 0.139. The average Bonchev–Trinajstić information content (AvgIpc) is 3.38. The van der Waals surface area contributed by atoms with Crippen LogP contribution in [0.1, 0.15) is 19.3 Å². The summed E-state index contributed by atoms with van der Waals surface area (Å²) in [7, 11) is 0. The number of likely N-dealkylation sites (tertiary alicyclic amines) is 1. The Hall–Kier alpha value is -2.52. The monoisotopic (exact) mass is 390 g/mol. The van der Waals surface area contributed by atoms with E-state index in [0.717, 1.165) is 12.8 Å². The van der Waals surface area contributed by atoms with Crippen LogP contribution in [-0.4, -0.2) is 61.1 Å². The molecule has 3 aliphatic heterocycles. The van der Waals surface area contributed by atoms with Crippen molar-refractivity contribution in [3.8, 4) is 0 Å². The maximum atomic E-state index is 13.2. The zero-order valence-electron chi connectivity index (χ0n) is 15.4. The van der Waals surface area contributed by atoms with Gasteiger partial charge >= 0.3 is 0 Å². The molecule has 1 aromatic carbocycles. The molecule has 1 aromatic rings. The number of hydrazone groups is 1. The zero-order valence-corrected chi connectivity index (χ0v) is 15.4. The number of piperidine rings is 1. The highest BCUT2D eigenvalue weighted by atomic mass is 19.1. The van der Waals surface area contributed by atoms with Crippen molar-refractivity contribution in [2.45, 2.75) is 31.6 Å². The van der Waals surface area contributed by atoms with Crippen molar-refractivity contribution < 1.29 is 23.5 Å². The summed E-state index contributed by atoms with van der Waals surface area (Å²) in [6, 6.07) is 4.81. The van der Waals surface area contributed by atoms with E-state index in [2.05, 4.69) is 5.10 Å². The quantitative estimate of drug-likeness (QED) is 0.822. The zero-order chi connectivity index (χ0) is 19.7. The molecule has 8 nitrogen and oxygen atoms in total. The third kappa shape index (κ3) is 3.72. The van der Waals surface area contributed by atoms with Crippen LogP contribution in [0.15, 0.2) is 29.4 Å². The highest BCUT2D eigenvalue weighted by Crippen LogP contribution is 2.28. The number of hydrogen-bond acceptors (Lipinski definition) is 6. The summed E-state index contributed by atoms with van der Waals surface area (Å²) < 4.78 is 24.3. The number of primary amides is 1.